The van der Waals surface area contributed by atoms with Crippen LogP contribution in [0.1, 0.15) is 28.5 Å². The molecule has 0 aliphatic carbocycles. The van der Waals surface area contributed by atoms with E-state index in [4.69, 9.17) is 0 Å². The number of aliphatic hydroxyl groups excluding tert-OH is 1. The van der Waals surface area contributed by atoms with Crippen LogP contribution in [0.4, 0.5) is 0 Å². The van der Waals surface area contributed by atoms with E-state index in [0.29, 0.717) is 13.1 Å². The zero-order valence-corrected chi connectivity index (χ0v) is 11.7. The molecule has 0 bridgehead atoms. The Bertz CT molecular complexity index is 528. The van der Waals surface area contributed by atoms with Gasteiger partial charge in [-0.1, -0.05) is 29.3 Å². The molecule has 0 amide bonds. The lowest BCUT2D eigenvalue weighted by Crippen LogP contribution is -2.22. The molecule has 0 radical (unpaired) electrons. The number of imidazole rings is 1. The van der Waals surface area contributed by atoms with Crippen molar-refractivity contribution in [2.24, 2.45) is 7.05 Å². The molecular weight excluding hydrogens is 238 g/mol. The smallest absolute Gasteiger partial charge is 0.0945 e. The van der Waals surface area contributed by atoms with Gasteiger partial charge in [-0.15, -0.1) is 0 Å². The number of hydrogen-bond acceptors (Lipinski definition) is 3. The molecule has 1 unspecified atom stereocenters. The topological polar surface area (TPSA) is 50.1 Å². The molecule has 0 saturated heterocycles. The third-order valence-electron chi connectivity index (χ3n) is 3.19. The normalized spacial score (nSPS) is 12.6. The van der Waals surface area contributed by atoms with Crippen LogP contribution in [0.5, 0.6) is 0 Å². The summed E-state index contributed by atoms with van der Waals surface area (Å²) >= 11 is 0. The maximum Gasteiger partial charge on any atom is 0.0945 e. The molecule has 0 aliphatic rings. The van der Waals surface area contributed by atoms with Crippen molar-refractivity contribution in [3.63, 3.8) is 0 Å². The first-order chi connectivity index (χ1) is 9.06. The second-order valence-electron chi connectivity index (χ2n) is 5.06. The second kappa shape index (κ2) is 5.99. The Hall–Kier alpha value is -1.65. The van der Waals surface area contributed by atoms with Crippen LogP contribution in [0.3, 0.4) is 0 Å². The number of aryl methyl sites for hydroxylation is 3. The number of hydrogen-bond donors (Lipinski definition) is 2. The molecule has 1 aromatic heterocycles. The Labute approximate surface area is 114 Å². The van der Waals surface area contributed by atoms with E-state index in [1.54, 1.807) is 6.33 Å². The molecule has 19 heavy (non-hydrogen) atoms. The molecule has 1 heterocycles. The summed E-state index contributed by atoms with van der Waals surface area (Å²) in [7, 11) is 1.96. The van der Waals surface area contributed by atoms with E-state index in [-0.39, 0.29) is 0 Å². The van der Waals surface area contributed by atoms with Crippen molar-refractivity contribution >= 4 is 0 Å². The van der Waals surface area contributed by atoms with Crippen LogP contribution in [-0.2, 0) is 13.6 Å². The lowest BCUT2D eigenvalue weighted by atomic mass is 10.0. The SMILES string of the molecule is Cc1cc(C)cc(C(O)CNCc2cncn2C)c1. The summed E-state index contributed by atoms with van der Waals surface area (Å²) in [5.41, 5.74) is 4.43. The average Bonchev–Trinajstić information content (AvgIpc) is 2.74. The average molecular weight is 259 g/mol. The highest BCUT2D eigenvalue weighted by Crippen LogP contribution is 2.16. The Balaban J connectivity index is 1.90. The van der Waals surface area contributed by atoms with Crippen molar-refractivity contribution in [1.82, 2.24) is 14.9 Å². The van der Waals surface area contributed by atoms with Gasteiger partial charge in [0.15, 0.2) is 0 Å². The third-order valence-corrected chi connectivity index (χ3v) is 3.19. The van der Waals surface area contributed by atoms with Crippen LogP contribution in [0.15, 0.2) is 30.7 Å². The zero-order valence-electron chi connectivity index (χ0n) is 11.7. The lowest BCUT2D eigenvalue weighted by molar-refractivity contribution is 0.174. The Morgan fingerprint density at radius 3 is 2.53 bits per heavy atom. The fraction of sp³-hybridized carbons (Fsp3) is 0.400. The third kappa shape index (κ3) is 3.66. The largest absolute Gasteiger partial charge is 0.387 e. The van der Waals surface area contributed by atoms with E-state index >= 15 is 0 Å². The summed E-state index contributed by atoms with van der Waals surface area (Å²) < 4.78 is 1.97. The molecular formula is C15H21N3O. The van der Waals surface area contributed by atoms with Gasteiger partial charge in [0.2, 0.25) is 0 Å². The van der Waals surface area contributed by atoms with Gasteiger partial charge in [0, 0.05) is 26.3 Å². The number of rotatable bonds is 5. The number of aromatic nitrogens is 2. The van der Waals surface area contributed by atoms with Crippen molar-refractivity contribution in [2.75, 3.05) is 6.54 Å². The Morgan fingerprint density at radius 2 is 1.95 bits per heavy atom. The van der Waals surface area contributed by atoms with Crippen LogP contribution in [0, 0.1) is 13.8 Å². The van der Waals surface area contributed by atoms with Crippen molar-refractivity contribution in [1.29, 1.82) is 0 Å². The van der Waals surface area contributed by atoms with Gasteiger partial charge in [0.25, 0.3) is 0 Å². The molecule has 2 N–H and O–H groups in total. The van der Waals surface area contributed by atoms with Gasteiger partial charge in [0.1, 0.15) is 0 Å². The summed E-state index contributed by atoms with van der Waals surface area (Å²) in [5.74, 6) is 0. The van der Waals surface area contributed by atoms with E-state index in [1.165, 1.54) is 11.1 Å². The summed E-state index contributed by atoms with van der Waals surface area (Å²) in [6.07, 6.45) is 3.12. The van der Waals surface area contributed by atoms with Crippen LogP contribution in [0.25, 0.3) is 0 Å². The summed E-state index contributed by atoms with van der Waals surface area (Å²) in [6.45, 7) is 5.34. The highest BCUT2D eigenvalue weighted by atomic mass is 16.3. The molecule has 2 rings (SSSR count). The minimum Gasteiger partial charge on any atom is -0.387 e. The highest BCUT2D eigenvalue weighted by Gasteiger charge is 2.08. The van der Waals surface area contributed by atoms with E-state index in [9.17, 15) is 5.11 Å². The minimum absolute atomic E-state index is 0.480. The van der Waals surface area contributed by atoms with Crippen LogP contribution in [0.2, 0.25) is 0 Å². The first-order valence-electron chi connectivity index (χ1n) is 6.48. The summed E-state index contributed by atoms with van der Waals surface area (Å²) in [6, 6.07) is 6.17. The summed E-state index contributed by atoms with van der Waals surface area (Å²) in [5, 5.41) is 13.4. The van der Waals surface area contributed by atoms with Crippen LogP contribution < -0.4 is 5.32 Å². The van der Waals surface area contributed by atoms with Crippen molar-refractivity contribution in [3.05, 3.63) is 53.1 Å². The Kier molecular flexibility index (Phi) is 4.35. The molecule has 4 nitrogen and oxygen atoms in total. The van der Waals surface area contributed by atoms with Crippen LogP contribution >= 0.6 is 0 Å². The predicted molar refractivity (Wildman–Crippen MR) is 75.8 cm³/mol. The molecule has 0 fully saturated rings. The minimum atomic E-state index is -0.480. The van der Waals surface area contributed by atoms with Crippen LogP contribution in [-0.4, -0.2) is 21.2 Å². The molecule has 102 valence electrons. The van der Waals surface area contributed by atoms with Gasteiger partial charge >= 0.3 is 0 Å². The fourth-order valence-corrected chi connectivity index (χ4v) is 2.21. The van der Waals surface area contributed by atoms with Crippen molar-refractivity contribution < 1.29 is 5.11 Å². The monoisotopic (exact) mass is 259 g/mol. The number of benzene rings is 1. The van der Waals surface area contributed by atoms with Gasteiger partial charge < -0.3 is 15.0 Å². The van der Waals surface area contributed by atoms with E-state index in [0.717, 1.165) is 11.3 Å². The fourth-order valence-electron chi connectivity index (χ4n) is 2.21. The predicted octanol–water partition coefficient (Wildman–Crippen LogP) is 1.86. The maximum absolute atomic E-state index is 10.2. The molecule has 0 saturated carbocycles. The molecule has 1 atom stereocenters. The number of nitrogens with zero attached hydrogens (tertiary/aromatic N) is 2. The molecule has 0 spiro atoms. The van der Waals surface area contributed by atoms with E-state index in [1.807, 2.05) is 43.8 Å². The van der Waals surface area contributed by atoms with Gasteiger partial charge in [-0.2, -0.15) is 0 Å². The quantitative estimate of drug-likeness (QED) is 0.861. The van der Waals surface area contributed by atoms with Gasteiger partial charge in [-0.25, -0.2) is 4.98 Å². The Morgan fingerprint density at radius 1 is 1.26 bits per heavy atom. The molecule has 1 aromatic carbocycles. The highest BCUT2D eigenvalue weighted by molar-refractivity contribution is 5.30. The second-order valence-corrected chi connectivity index (χ2v) is 5.06. The number of nitrogens with one attached hydrogen (secondary N) is 1. The molecule has 4 heteroatoms. The van der Waals surface area contributed by atoms with Gasteiger partial charge in [-0.3, -0.25) is 0 Å². The number of aliphatic hydroxyl groups is 1. The standard InChI is InChI=1S/C15H21N3O/c1-11-4-12(2)6-13(5-11)15(19)9-16-7-14-8-17-10-18(14)3/h4-6,8,10,15-16,19H,7,9H2,1-3H3. The molecule has 2 aromatic rings. The first-order valence-corrected chi connectivity index (χ1v) is 6.48. The zero-order chi connectivity index (χ0) is 13.8. The van der Waals surface area contributed by atoms with Gasteiger partial charge in [-0.05, 0) is 19.4 Å². The van der Waals surface area contributed by atoms with Gasteiger partial charge in [0.05, 0.1) is 18.1 Å². The van der Waals surface area contributed by atoms with Crippen molar-refractivity contribution in [3.8, 4) is 0 Å². The molecule has 0 aliphatic heterocycles. The van der Waals surface area contributed by atoms with Crippen molar-refractivity contribution in [2.45, 2.75) is 26.5 Å². The first kappa shape index (κ1) is 13.8. The maximum atomic E-state index is 10.2. The summed E-state index contributed by atoms with van der Waals surface area (Å²) in [4.78, 5) is 4.06. The van der Waals surface area contributed by atoms with E-state index < -0.39 is 6.10 Å². The van der Waals surface area contributed by atoms with E-state index in [2.05, 4.69) is 16.4 Å². The lowest BCUT2D eigenvalue weighted by Gasteiger charge is -2.14.